The number of hydrogen-bond donors (Lipinski definition) is 1. The predicted molar refractivity (Wildman–Crippen MR) is 79.3 cm³/mol. The molecule has 1 aromatic rings. The smallest absolute Gasteiger partial charge is 0.261 e. The third kappa shape index (κ3) is 3.32. The maximum atomic E-state index is 12.1. The molecule has 1 N–H and O–H groups in total. The number of fused-ring (bicyclic) bond motifs is 1. The van der Waals surface area contributed by atoms with Crippen LogP contribution in [0.2, 0.25) is 5.02 Å². The van der Waals surface area contributed by atoms with Gasteiger partial charge in [0.1, 0.15) is 5.75 Å². The van der Waals surface area contributed by atoms with Crippen molar-refractivity contribution in [2.24, 2.45) is 5.92 Å². The summed E-state index contributed by atoms with van der Waals surface area (Å²) in [4.78, 5) is 12.1. The van der Waals surface area contributed by atoms with Crippen LogP contribution in [-0.2, 0) is 21.1 Å². The molecule has 0 aliphatic carbocycles. The molecule has 0 bridgehead atoms. The van der Waals surface area contributed by atoms with Crippen LogP contribution in [0.3, 0.4) is 0 Å². The molecule has 0 spiro atoms. The molecule has 1 amide bonds. The van der Waals surface area contributed by atoms with Crippen molar-refractivity contribution in [2.75, 3.05) is 18.1 Å². The maximum Gasteiger partial charge on any atom is 0.261 e. The first-order chi connectivity index (χ1) is 9.93. The van der Waals surface area contributed by atoms with Crippen LogP contribution < -0.4 is 10.1 Å². The average Bonchev–Trinajstić information content (AvgIpc) is 2.98. The highest BCUT2D eigenvalue weighted by atomic mass is 35.5. The number of carbonyl (C=O) groups excluding carboxylic acids is 1. The summed E-state index contributed by atoms with van der Waals surface area (Å²) in [7, 11) is -2.91. The van der Waals surface area contributed by atoms with Gasteiger partial charge in [0.15, 0.2) is 15.9 Å². The number of sulfone groups is 1. The van der Waals surface area contributed by atoms with Gasteiger partial charge in [-0.3, -0.25) is 4.79 Å². The van der Waals surface area contributed by atoms with Crippen LogP contribution in [0.25, 0.3) is 0 Å². The fraction of sp³-hybridized carbons (Fsp3) is 0.500. The van der Waals surface area contributed by atoms with Crippen molar-refractivity contribution in [1.29, 1.82) is 0 Å². The van der Waals surface area contributed by atoms with Crippen LogP contribution in [-0.4, -0.2) is 38.5 Å². The first kappa shape index (κ1) is 14.7. The van der Waals surface area contributed by atoms with Crippen LogP contribution in [0.1, 0.15) is 12.0 Å². The molecule has 114 valence electrons. The lowest BCUT2D eigenvalue weighted by molar-refractivity contribution is -0.127. The predicted octanol–water partition coefficient (Wildman–Crippen LogP) is 1.19. The molecule has 21 heavy (non-hydrogen) atoms. The van der Waals surface area contributed by atoms with Gasteiger partial charge in [-0.1, -0.05) is 11.6 Å². The summed E-state index contributed by atoms with van der Waals surface area (Å²) in [6.07, 6.45) is 0.547. The van der Waals surface area contributed by atoms with Gasteiger partial charge < -0.3 is 10.1 Å². The molecule has 5 nitrogen and oxygen atoms in total. The van der Waals surface area contributed by atoms with Gasteiger partial charge in [0.25, 0.3) is 5.91 Å². The second kappa shape index (κ2) is 5.50. The zero-order valence-electron chi connectivity index (χ0n) is 11.3. The molecule has 3 rings (SSSR count). The van der Waals surface area contributed by atoms with Crippen LogP contribution in [0.4, 0.5) is 0 Å². The molecular formula is C14H16ClNO4S. The fourth-order valence-corrected chi connectivity index (χ4v) is 4.81. The Labute approximate surface area is 128 Å². The minimum Gasteiger partial charge on any atom is -0.480 e. The SMILES string of the molecule is O=C(NC[C@@H]1CCS(=O)(=O)C1)[C@H]1Cc2cc(Cl)ccc2O1. The lowest BCUT2D eigenvalue weighted by atomic mass is 10.1. The molecule has 1 saturated heterocycles. The van der Waals surface area contributed by atoms with Gasteiger partial charge >= 0.3 is 0 Å². The summed E-state index contributed by atoms with van der Waals surface area (Å²) >= 11 is 5.91. The Balaban J connectivity index is 1.54. The van der Waals surface area contributed by atoms with E-state index in [1.807, 2.05) is 0 Å². The van der Waals surface area contributed by atoms with E-state index >= 15 is 0 Å². The molecule has 2 atom stereocenters. The van der Waals surface area contributed by atoms with Gasteiger partial charge in [-0.25, -0.2) is 8.42 Å². The Morgan fingerprint density at radius 3 is 2.95 bits per heavy atom. The molecule has 1 aromatic carbocycles. The molecule has 1 fully saturated rings. The lowest BCUT2D eigenvalue weighted by Gasteiger charge is -2.13. The second-order valence-electron chi connectivity index (χ2n) is 5.58. The van der Waals surface area contributed by atoms with Crippen molar-refractivity contribution in [1.82, 2.24) is 5.32 Å². The third-order valence-electron chi connectivity index (χ3n) is 3.88. The monoisotopic (exact) mass is 329 g/mol. The van der Waals surface area contributed by atoms with Crippen molar-refractivity contribution in [3.8, 4) is 5.75 Å². The van der Waals surface area contributed by atoms with Gasteiger partial charge in [0.2, 0.25) is 0 Å². The van der Waals surface area contributed by atoms with E-state index in [9.17, 15) is 13.2 Å². The van der Waals surface area contributed by atoms with Gasteiger partial charge in [-0.05, 0) is 36.1 Å². The van der Waals surface area contributed by atoms with Crippen molar-refractivity contribution in [2.45, 2.75) is 18.9 Å². The summed E-state index contributed by atoms with van der Waals surface area (Å²) < 4.78 is 28.3. The molecule has 2 aliphatic heterocycles. The number of amides is 1. The van der Waals surface area contributed by atoms with Crippen LogP contribution >= 0.6 is 11.6 Å². The summed E-state index contributed by atoms with van der Waals surface area (Å²) in [6.45, 7) is 0.384. The number of benzene rings is 1. The van der Waals surface area contributed by atoms with E-state index in [1.54, 1.807) is 18.2 Å². The summed E-state index contributed by atoms with van der Waals surface area (Å²) in [5.74, 6) is 0.873. The first-order valence-electron chi connectivity index (χ1n) is 6.86. The molecule has 0 aromatic heterocycles. The van der Waals surface area contributed by atoms with Crippen LogP contribution in [0.15, 0.2) is 18.2 Å². The molecule has 2 aliphatic rings. The number of ether oxygens (including phenoxy) is 1. The molecule has 2 heterocycles. The van der Waals surface area contributed by atoms with Crippen molar-refractivity contribution < 1.29 is 17.9 Å². The molecule has 0 unspecified atom stereocenters. The third-order valence-corrected chi connectivity index (χ3v) is 5.95. The Hall–Kier alpha value is -1.27. The van der Waals surface area contributed by atoms with Gasteiger partial charge in [-0.2, -0.15) is 0 Å². The van der Waals surface area contributed by atoms with E-state index in [1.165, 1.54) is 0 Å². The Morgan fingerprint density at radius 2 is 2.24 bits per heavy atom. The van der Waals surface area contributed by atoms with E-state index in [0.29, 0.717) is 30.2 Å². The minimum atomic E-state index is -2.91. The number of carbonyl (C=O) groups is 1. The summed E-state index contributed by atoms with van der Waals surface area (Å²) in [5.41, 5.74) is 0.922. The largest absolute Gasteiger partial charge is 0.480 e. The zero-order valence-corrected chi connectivity index (χ0v) is 12.9. The van der Waals surface area contributed by atoms with E-state index in [2.05, 4.69) is 5.32 Å². The van der Waals surface area contributed by atoms with Crippen molar-refractivity contribution in [3.63, 3.8) is 0 Å². The van der Waals surface area contributed by atoms with E-state index in [4.69, 9.17) is 16.3 Å². The standard InChI is InChI=1S/C14H16ClNO4S/c15-11-1-2-12-10(5-11)6-13(20-12)14(17)16-7-9-3-4-21(18,19)8-9/h1-2,5,9,13H,3-4,6-8H2,(H,16,17)/t9-,13+/m0/s1. The number of hydrogen-bond acceptors (Lipinski definition) is 4. The number of halogens is 1. The van der Waals surface area contributed by atoms with E-state index in [0.717, 1.165) is 5.56 Å². The molecule has 7 heteroatoms. The summed E-state index contributed by atoms with van der Waals surface area (Å²) in [6, 6.07) is 5.28. The Bertz CT molecular complexity index is 674. The van der Waals surface area contributed by atoms with Crippen LogP contribution in [0, 0.1) is 5.92 Å². The van der Waals surface area contributed by atoms with Gasteiger partial charge in [-0.15, -0.1) is 0 Å². The lowest BCUT2D eigenvalue weighted by Crippen LogP contribution is -2.40. The molecule has 0 saturated carbocycles. The highest BCUT2D eigenvalue weighted by Crippen LogP contribution is 2.31. The highest BCUT2D eigenvalue weighted by molar-refractivity contribution is 7.91. The fourth-order valence-electron chi connectivity index (χ4n) is 2.76. The van der Waals surface area contributed by atoms with Gasteiger partial charge in [0.05, 0.1) is 11.5 Å². The molecular weight excluding hydrogens is 314 g/mol. The first-order valence-corrected chi connectivity index (χ1v) is 9.06. The highest BCUT2D eigenvalue weighted by Gasteiger charge is 2.31. The van der Waals surface area contributed by atoms with Gasteiger partial charge in [0, 0.05) is 18.0 Å². The normalized spacial score (nSPS) is 26.1. The van der Waals surface area contributed by atoms with E-state index < -0.39 is 15.9 Å². The number of rotatable bonds is 3. The quantitative estimate of drug-likeness (QED) is 0.904. The van der Waals surface area contributed by atoms with Crippen molar-refractivity contribution >= 4 is 27.3 Å². The zero-order chi connectivity index (χ0) is 15.0. The maximum absolute atomic E-state index is 12.1. The van der Waals surface area contributed by atoms with Crippen molar-refractivity contribution in [3.05, 3.63) is 28.8 Å². The van der Waals surface area contributed by atoms with E-state index in [-0.39, 0.29) is 23.3 Å². The average molecular weight is 330 g/mol. The molecule has 0 radical (unpaired) electrons. The van der Waals surface area contributed by atoms with Crippen LogP contribution in [0.5, 0.6) is 5.75 Å². The topological polar surface area (TPSA) is 72.5 Å². The number of nitrogens with one attached hydrogen (secondary N) is 1. The summed E-state index contributed by atoms with van der Waals surface area (Å²) in [5, 5.41) is 3.41. The minimum absolute atomic E-state index is 0.0113. The second-order valence-corrected chi connectivity index (χ2v) is 8.24. The Morgan fingerprint density at radius 1 is 1.43 bits per heavy atom. The Kier molecular flexibility index (Phi) is 3.84.